The molecule has 0 aromatic heterocycles. The molecule has 1 unspecified atom stereocenters. The molecule has 1 aliphatic rings. The largest absolute Gasteiger partial charge is 0.379 e. The van der Waals surface area contributed by atoms with Gasteiger partial charge in [-0.25, -0.2) is 8.78 Å². The van der Waals surface area contributed by atoms with E-state index in [4.69, 9.17) is 15.2 Å². The average Bonchev–Trinajstić information content (AvgIpc) is 2.53. The van der Waals surface area contributed by atoms with Crippen molar-refractivity contribution in [1.82, 2.24) is 0 Å². The summed E-state index contributed by atoms with van der Waals surface area (Å²) in [5, 5.41) is 0. The molecule has 2 N–H and O–H groups in total. The molecule has 1 atom stereocenters. The summed E-state index contributed by atoms with van der Waals surface area (Å²) in [6, 6.07) is 0. The van der Waals surface area contributed by atoms with Gasteiger partial charge in [-0.1, -0.05) is 0 Å². The number of ether oxygens (including phenoxy) is 2. The third-order valence-corrected chi connectivity index (χ3v) is 1.72. The molecule has 0 radical (unpaired) electrons. The summed E-state index contributed by atoms with van der Waals surface area (Å²) in [4.78, 5) is 0. The minimum absolute atomic E-state index is 0.178. The molecule has 5 heteroatoms. The molecular weight excluding hydrogens is 168 g/mol. The van der Waals surface area contributed by atoms with Gasteiger partial charge in [-0.15, -0.1) is 0 Å². The van der Waals surface area contributed by atoms with Crippen LogP contribution in [0.2, 0.25) is 0 Å². The number of halogens is 2. The van der Waals surface area contributed by atoms with Gasteiger partial charge in [-0.3, -0.25) is 0 Å². The first-order valence-corrected chi connectivity index (χ1v) is 3.91. The minimum Gasteiger partial charge on any atom is -0.379 e. The van der Waals surface area contributed by atoms with Crippen molar-refractivity contribution in [1.29, 1.82) is 0 Å². The van der Waals surface area contributed by atoms with Gasteiger partial charge in [0.25, 0.3) is 5.92 Å². The zero-order valence-corrected chi connectivity index (χ0v) is 6.76. The van der Waals surface area contributed by atoms with Gasteiger partial charge in [0, 0.05) is 6.61 Å². The van der Waals surface area contributed by atoms with E-state index >= 15 is 0 Å². The van der Waals surface area contributed by atoms with Crippen molar-refractivity contribution in [2.45, 2.75) is 18.4 Å². The van der Waals surface area contributed by atoms with E-state index in [9.17, 15) is 8.78 Å². The van der Waals surface area contributed by atoms with Crippen molar-refractivity contribution in [3.63, 3.8) is 0 Å². The Morgan fingerprint density at radius 1 is 1.58 bits per heavy atom. The Morgan fingerprint density at radius 2 is 2.33 bits per heavy atom. The molecule has 0 aliphatic carbocycles. The second kappa shape index (κ2) is 4.11. The molecule has 1 rings (SSSR count). The standard InChI is InChI=1S/C7H13F2NO2/c8-7(9,4-10)5-12-6-1-2-11-3-6/h6H,1-5,10H2. The first-order valence-electron chi connectivity index (χ1n) is 3.91. The van der Waals surface area contributed by atoms with E-state index < -0.39 is 19.1 Å². The quantitative estimate of drug-likeness (QED) is 0.682. The Morgan fingerprint density at radius 3 is 2.83 bits per heavy atom. The monoisotopic (exact) mass is 181 g/mol. The molecule has 1 aliphatic heterocycles. The van der Waals surface area contributed by atoms with Gasteiger partial charge in [-0.05, 0) is 6.42 Å². The van der Waals surface area contributed by atoms with Crippen molar-refractivity contribution in [2.75, 3.05) is 26.4 Å². The maximum atomic E-state index is 12.5. The highest BCUT2D eigenvalue weighted by molar-refractivity contribution is 4.69. The van der Waals surface area contributed by atoms with Crippen LogP contribution in [-0.4, -0.2) is 38.4 Å². The van der Waals surface area contributed by atoms with Crippen molar-refractivity contribution in [2.24, 2.45) is 5.73 Å². The summed E-state index contributed by atoms with van der Waals surface area (Å²) in [5.74, 6) is -2.90. The van der Waals surface area contributed by atoms with E-state index in [-0.39, 0.29) is 6.10 Å². The van der Waals surface area contributed by atoms with Crippen LogP contribution in [0.3, 0.4) is 0 Å². The van der Waals surface area contributed by atoms with Crippen LogP contribution >= 0.6 is 0 Å². The lowest BCUT2D eigenvalue weighted by Gasteiger charge is -2.16. The lowest BCUT2D eigenvalue weighted by Crippen LogP contribution is -2.35. The van der Waals surface area contributed by atoms with E-state index in [1.807, 2.05) is 0 Å². The van der Waals surface area contributed by atoms with E-state index in [1.165, 1.54) is 0 Å². The number of alkyl halides is 2. The predicted molar refractivity (Wildman–Crippen MR) is 39.2 cm³/mol. The molecule has 0 saturated carbocycles. The van der Waals surface area contributed by atoms with Crippen LogP contribution < -0.4 is 5.73 Å². The molecule has 0 aromatic carbocycles. The summed E-state index contributed by atoms with van der Waals surface area (Å²) in [5.41, 5.74) is 4.83. The Balaban J connectivity index is 2.15. The maximum Gasteiger partial charge on any atom is 0.282 e. The topological polar surface area (TPSA) is 44.5 Å². The Labute approximate surface area is 69.8 Å². The van der Waals surface area contributed by atoms with E-state index in [0.717, 1.165) is 0 Å². The van der Waals surface area contributed by atoms with Crippen molar-refractivity contribution in [3.8, 4) is 0 Å². The number of rotatable bonds is 4. The third-order valence-electron chi connectivity index (χ3n) is 1.72. The average molecular weight is 181 g/mol. The van der Waals surface area contributed by atoms with Gasteiger partial charge in [0.1, 0.15) is 6.61 Å². The molecule has 1 fully saturated rings. The van der Waals surface area contributed by atoms with Crippen molar-refractivity contribution < 1.29 is 18.3 Å². The summed E-state index contributed by atoms with van der Waals surface area (Å²) in [7, 11) is 0. The molecule has 0 aromatic rings. The first-order chi connectivity index (χ1) is 5.64. The molecule has 1 heterocycles. The Hall–Kier alpha value is -0.260. The molecule has 0 amide bonds. The van der Waals surface area contributed by atoms with Crippen LogP contribution in [0, 0.1) is 0 Å². The van der Waals surface area contributed by atoms with E-state index in [2.05, 4.69) is 0 Å². The van der Waals surface area contributed by atoms with Crippen LogP contribution in [0.4, 0.5) is 8.78 Å². The minimum atomic E-state index is -2.90. The highest BCUT2D eigenvalue weighted by atomic mass is 19.3. The zero-order chi connectivity index (χ0) is 9.03. The van der Waals surface area contributed by atoms with Crippen LogP contribution in [0.5, 0.6) is 0 Å². The Bertz CT molecular complexity index is 137. The van der Waals surface area contributed by atoms with Gasteiger partial charge in [0.15, 0.2) is 0 Å². The summed E-state index contributed by atoms with van der Waals surface area (Å²) in [6.07, 6.45) is 0.517. The predicted octanol–water partition coefficient (Wildman–Crippen LogP) is 0.386. The fraction of sp³-hybridized carbons (Fsp3) is 1.00. The van der Waals surface area contributed by atoms with Crippen molar-refractivity contribution >= 4 is 0 Å². The van der Waals surface area contributed by atoms with Gasteiger partial charge in [0.05, 0.1) is 19.3 Å². The first kappa shape index (κ1) is 9.83. The Kier molecular flexibility index (Phi) is 3.37. The molecule has 72 valence electrons. The van der Waals surface area contributed by atoms with Gasteiger partial charge in [0.2, 0.25) is 0 Å². The van der Waals surface area contributed by atoms with Crippen LogP contribution in [0.25, 0.3) is 0 Å². The molecule has 1 saturated heterocycles. The molecule has 3 nitrogen and oxygen atoms in total. The smallest absolute Gasteiger partial charge is 0.282 e. The number of hydrogen-bond acceptors (Lipinski definition) is 3. The maximum absolute atomic E-state index is 12.5. The zero-order valence-electron chi connectivity index (χ0n) is 6.76. The van der Waals surface area contributed by atoms with Crippen LogP contribution in [0.15, 0.2) is 0 Å². The normalized spacial score (nSPS) is 24.8. The highest BCUT2D eigenvalue weighted by Crippen LogP contribution is 2.15. The van der Waals surface area contributed by atoms with E-state index in [0.29, 0.717) is 19.6 Å². The van der Waals surface area contributed by atoms with Crippen molar-refractivity contribution in [3.05, 3.63) is 0 Å². The molecular formula is C7H13F2NO2. The van der Waals surface area contributed by atoms with Gasteiger partial charge >= 0.3 is 0 Å². The lowest BCUT2D eigenvalue weighted by atomic mass is 10.3. The number of hydrogen-bond donors (Lipinski definition) is 1. The highest BCUT2D eigenvalue weighted by Gasteiger charge is 2.29. The fourth-order valence-corrected chi connectivity index (χ4v) is 0.943. The van der Waals surface area contributed by atoms with Crippen LogP contribution in [0.1, 0.15) is 6.42 Å². The summed E-state index contributed by atoms with van der Waals surface area (Å²) < 4.78 is 34.9. The number of nitrogens with two attached hydrogens (primary N) is 1. The molecule has 0 spiro atoms. The molecule has 12 heavy (non-hydrogen) atoms. The third kappa shape index (κ3) is 3.00. The fourth-order valence-electron chi connectivity index (χ4n) is 0.943. The second-order valence-corrected chi connectivity index (χ2v) is 2.86. The lowest BCUT2D eigenvalue weighted by molar-refractivity contribution is -0.0926. The van der Waals surface area contributed by atoms with E-state index in [1.54, 1.807) is 0 Å². The second-order valence-electron chi connectivity index (χ2n) is 2.86. The molecule has 0 bridgehead atoms. The van der Waals surface area contributed by atoms with Crippen LogP contribution in [-0.2, 0) is 9.47 Å². The SMILES string of the molecule is NCC(F)(F)COC1CCOC1. The van der Waals surface area contributed by atoms with Gasteiger partial charge < -0.3 is 15.2 Å². The summed E-state index contributed by atoms with van der Waals surface area (Å²) >= 11 is 0. The summed E-state index contributed by atoms with van der Waals surface area (Å²) in [6.45, 7) is -0.252. The van der Waals surface area contributed by atoms with Gasteiger partial charge in [-0.2, -0.15) is 0 Å².